The Morgan fingerprint density at radius 1 is 1.26 bits per heavy atom. The molecule has 19 heavy (non-hydrogen) atoms. The molecule has 6 heteroatoms. The van der Waals surface area contributed by atoms with Crippen molar-refractivity contribution in [3.8, 4) is 5.88 Å². The summed E-state index contributed by atoms with van der Waals surface area (Å²) in [4.78, 5) is 8.50. The highest BCUT2D eigenvalue weighted by Gasteiger charge is 2.00. The number of aromatic nitrogens is 4. The van der Waals surface area contributed by atoms with Gasteiger partial charge in [0.25, 0.3) is 0 Å². The summed E-state index contributed by atoms with van der Waals surface area (Å²) in [7, 11) is 1.61. The van der Waals surface area contributed by atoms with Crippen LogP contribution in [0.5, 0.6) is 5.88 Å². The van der Waals surface area contributed by atoms with Crippen LogP contribution >= 0.6 is 0 Å². The van der Waals surface area contributed by atoms with Gasteiger partial charge < -0.3 is 10.1 Å². The van der Waals surface area contributed by atoms with Crippen LogP contribution in [0.3, 0.4) is 0 Å². The lowest BCUT2D eigenvalue weighted by molar-refractivity contribution is 0.397. The second-order valence-electron chi connectivity index (χ2n) is 4.01. The molecule has 1 N–H and O–H groups in total. The number of fused-ring (bicyclic) bond motifs is 1. The van der Waals surface area contributed by atoms with Crippen LogP contribution in [-0.2, 0) is 6.54 Å². The number of hydrogen-bond donors (Lipinski definition) is 1. The number of hydrogen-bond acceptors (Lipinski definition) is 5. The molecule has 6 nitrogen and oxygen atoms in total. The summed E-state index contributed by atoms with van der Waals surface area (Å²) >= 11 is 0. The Bertz CT molecular complexity index is 694. The van der Waals surface area contributed by atoms with Gasteiger partial charge in [-0.25, -0.2) is 14.5 Å². The minimum absolute atomic E-state index is 0.610. The second-order valence-corrected chi connectivity index (χ2v) is 4.01. The van der Waals surface area contributed by atoms with E-state index in [0.717, 1.165) is 17.0 Å². The molecule has 0 bridgehead atoms. The molecule has 3 rings (SSSR count). The van der Waals surface area contributed by atoms with E-state index in [0.29, 0.717) is 12.4 Å². The maximum Gasteiger partial charge on any atom is 0.213 e. The molecule has 0 amide bonds. The summed E-state index contributed by atoms with van der Waals surface area (Å²) in [5.41, 5.74) is 1.90. The van der Waals surface area contributed by atoms with Crippen LogP contribution in [0.2, 0.25) is 0 Å². The minimum Gasteiger partial charge on any atom is -0.481 e. The Hall–Kier alpha value is -2.63. The van der Waals surface area contributed by atoms with E-state index in [1.54, 1.807) is 24.0 Å². The molecule has 0 aliphatic heterocycles. The summed E-state index contributed by atoms with van der Waals surface area (Å²) in [5.74, 6) is 1.42. The van der Waals surface area contributed by atoms with E-state index in [9.17, 15) is 0 Å². The monoisotopic (exact) mass is 255 g/mol. The van der Waals surface area contributed by atoms with Gasteiger partial charge in [-0.15, -0.1) is 0 Å². The van der Waals surface area contributed by atoms with Crippen molar-refractivity contribution in [2.45, 2.75) is 6.54 Å². The maximum atomic E-state index is 5.09. The summed E-state index contributed by atoms with van der Waals surface area (Å²) in [6.45, 7) is 0.663. The van der Waals surface area contributed by atoms with E-state index in [-0.39, 0.29) is 0 Å². The molecule has 0 saturated heterocycles. The van der Waals surface area contributed by atoms with E-state index in [1.165, 1.54) is 0 Å². The highest BCUT2D eigenvalue weighted by molar-refractivity contribution is 5.45. The molecule has 3 aromatic rings. The van der Waals surface area contributed by atoms with Crippen molar-refractivity contribution in [2.75, 3.05) is 12.4 Å². The van der Waals surface area contributed by atoms with E-state index < -0.39 is 0 Å². The zero-order valence-corrected chi connectivity index (χ0v) is 10.4. The van der Waals surface area contributed by atoms with Gasteiger partial charge in [0.2, 0.25) is 5.88 Å². The van der Waals surface area contributed by atoms with Gasteiger partial charge >= 0.3 is 0 Å². The number of methoxy groups -OCH3 is 1. The average Bonchev–Trinajstić information content (AvgIpc) is 2.93. The van der Waals surface area contributed by atoms with E-state index >= 15 is 0 Å². The van der Waals surface area contributed by atoms with Crippen LogP contribution in [0.15, 0.2) is 42.9 Å². The first-order valence-electron chi connectivity index (χ1n) is 5.88. The fraction of sp³-hybridized carbons (Fsp3) is 0.154. The second kappa shape index (κ2) is 4.93. The van der Waals surface area contributed by atoms with Crippen LogP contribution in [0.4, 0.5) is 5.82 Å². The zero-order chi connectivity index (χ0) is 13.1. The number of ether oxygens (including phenoxy) is 1. The summed E-state index contributed by atoms with van der Waals surface area (Å²) in [6, 6.07) is 7.58. The van der Waals surface area contributed by atoms with Gasteiger partial charge in [0, 0.05) is 31.1 Å². The first-order valence-corrected chi connectivity index (χ1v) is 5.88. The van der Waals surface area contributed by atoms with Gasteiger partial charge in [-0.1, -0.05) is 0 Å². The largest absolute Gasteiger partial charge is 0.481 e. The van der Waals surface area contributed by atoms with Crippen molar-refractivity contribution in [3.63, 3.8) is 0 Å². The van der Waals surface area contributed by atoms with E-state index in [2.05, 4.69) is 20.4 Å². The number of nitrogens with one attached hydrogen (secondary N) is 1. The fourth-order valence-electron chi connectivity index (χ4n) is 1.78. The number of rotatable bonds is 4. The number of nitrogens with zero attached hydrogens (tertiary/aromatic N) is 4. The third-order valence-electron chi connectivity index (χ3n) is 2.74. The molecule has 96 valence electrons. The molecule has 3 aromatic heterocycles. The van der Waals surface area contributed by atoms with Crippen LogP contribution < -0.4 is 10.1 Å². The summed E-state index contributed by atoms with van der Waals surface area (Å²) in [6.07, 6.45) is 5.32. The van der Waals surface area contributed by atoms with Crippen LogP contribution in [0.1, 0.15) is 5.56 Å². The molecule has 0 saturated carbocycles. The van der Waals surface area contributed by atoms with Crippen molar-refractivity contribution in [1.82, 2.24) is 19.6 Å². The van der Waals surface area contributed by atoms with Crippen LogP contribution in [0.25, 0.3) is 5.65 Å². The molecular formula is C13H13N5O. The average molecular weight is 255 g/mol. The fourth-order valence-corrected chi connectivity index (χ4v) is 1.78. The molecule has 0 aromatic carbocycles. The Morgan fingerprint density at radius 2 is 2.21 bits per heavy atom. The third kappa shape index (κ3) is 2.47. The highest BCUT2D eigenvalue weighted by atomic mass is 16.5. The first kappa shape index (κ1) is 11.5. The Balaban J connectivity index is 1.74. The normalized spacial score (nSPS) is 10.6. The summed E-state index contributed by atoms with van der Waals surface area (Å²) < 4.78 is 6.81. The molecular weight excluding hydrogens is 242 g/mol. The van der Waals surface area contributed by atoms with Crippen molar-refractivity contribution >= 4 is 11.5 Å². The topological polar surface area (TPSA) is 64.3 Å². The maximum absolute atomic E-state index is 5.09. The Labute approximate surface area is 110 Å². The molecule has 0 spiro atoms. The van der Waals surface area contributed by atoms with Gasteiger partial charge in [0.05, 0.1) is 13.3 Å². The first-order chi connectivity index (χ1) is 9.35. The molecule has 0 fully saturated rings. The highest BCUT2D eigenvalue weighted by Crippen LogP contribution is 2.11. The molecule has 0 aliphatic carbocycles. The SMILES string of the molecule is COc1cc(CNc2ccn3nccc3n2)ccn1. The summed E-state index contributed by atoms with van der Waals surface area (Å²) in [5, 5.41) is 7.36. The van der Waals surface area contributed by atoms with Crippen LogP contribution in [0, 0.1) is 0 Å². The molecule has 0 unspecified atom stereocenters. The predicted octanol–water partition coefficient (Wildman–Crippen LogP) is 1.74. The quantitative estimate of drug-likeness (QED) is 0.769. The van der Waals surface area contributed by atoms with Crippen molar-refractivity contribution in [3.05, 3.63) is 48.4 Å². The number of anilines is 1. The molecule has 0 atom stereocenters. The van der Waals surface area contributed by atoms with Gasteiger partial charge in [-0.3, -0.25) is 0 Å². The lowest BCUT2D eigenvalue weighted by Gasteiger charge is -2.06. The zero-order valence-electron chi connectivity index (χ0n) is 10.4. The smallest absolute Gasteiger partial charge is 0.213 e. The minimum atomic E-state index is 0.610. The Morgan fingerprint density at radius 3 is 3.11 bits per heavy atom. The van der Waals surface area contributed by atoms with Crippen LogP contribution in [-0.4, -0.2) is 26.7 Å². The van der Waals surface area contributed by atoms with E-state index in [1.807, 2.05) is 30.5 Å². The van der Waals surface area contributed by atoms with Gasteiger partial charge in [-0.05, 0) is 17.7 Å². The lowest BCUT2D eigenvalue weighted by atomic mass is 10.2. The standard InChI is InChI=1S/C13H13N5O/c1-19-13-8-10(2-5-14-13)9-15-11-4-7-18-12(17-11)3-6-16-18/h2-8H,9H2,1H3,(H,15,17). The molecule has 0 aliphatic rings. The Kier molecular flexibility index (Phi) is 2.97. The molecule has 0 radical (unpaired) electrons. The van der Waals surface area contributed by atoms with E-state index in [4.69, 9.17) is 4.74 Å². The van der Waals surface area contributed by atoms with Gasteiger partial charge in [0.1, 0.15) is 5.82 Å². The predicted molar refractivity (Wildman–Crippen MR) is 71.1 cm³/mol. The third-order valence-corrected chi connectivity index (χ3v) is 2.74. The van der Waals surface area contributed by atoms with Gasteiger partial charge in [0.15, 0.2) is 5.65 Å². The van der Waals surface area contributed by atoms with Crippen molar-refractivity contribution in [1.29, 1.82) is 0 Å². The van der Waals surface area contributed by atoms with Crippen molar-refractivity contribution in [2.24, 2.45) is 0 Å². The lowest BCUT2D eigenvalue weighted by Crippen LogP contribution is -2.03. The van der Waals surface area contributed by atoms with Gasteiger partial charge in [-0.2, -0.15) is 5.10 Å². The number of pyridine rings is 1. The van der Waals surface area contributed by atoms with Crippen molar-refractivity contribution < 1.29 is 4.74 Å². The molecule has 3 heterocycles.